The Balaban J connectivity index is 1.75. The lowest BCUT2D eigenvalue weighted by atomic mass is 10.1. The Labute approximate surface area is 124 Å². The lowest BCUT2D eigenvalue weighted by Gasteiger charge is -2.00. The SMILES string of the molecule is CNC(=O)CCCCCc1ccc(-c2ccccc2)s1. The van der Waals surface area contributed by atoms with Gasteiger partial charge in [-0.05, 0) is 37.0 Å². The zero-order chi connectivity index (χ0) is 14.2. The van der Waals surface area contributed by atoms with Crippen LogP contribution in [0.1, 0.15) is 30.6 Å². The summed E-state index contributed by atoms with van der Waals surface area (Å²) in [7, 11) is 1.69. The van der Waals surface area contributed by atoms with Crippen LogP contribution in [0.25, 0.3) is 10.4 Å². The number of aryl methyl sites for hydroxylation is 1. The molecule has 0 radical (unpaired) electrons. The largest absolute Gasteiger partial charge is 0.359 e. The average molecular weight is 287 g/mol. The maximum absolute atomic E-state index is 11.1. The fraction of sp³-hybridized carbons (Fsp3) is 0.353. The molecule has 20 heavy (non-hydrogen) atoms. The molecule has 1 N–H and O–H groups in total. The van der Waals surface area contributed by atoms with Crippen molar-refractivity contribution in [2.45, 2.75) is 32.1 Å². The smallest absolute Gasteiger partial charge is 0.219 e. The molecule has 0 fully saturated rings. The van der Waals surface area contributed by atoms with Gasteiger partial charge in [0, 0.05) is 23.2 Å². The third-order valence-corrected chi connectivity index (χ3v) is 4.52. The predicted molar refractivity (Wildman–Crippen MR) is 86.0 cm³/mol. The molecule has 0 aliphatic carbocycles. The normalized spacial score (nSPS) is 10.4. The molecule has 0 saturated carbocycles. The number of unbranched alkanes of at least 4 members (excludes halogenated alkanes) is 2. The zero-order valence-electron chi connectivity index (χ0n) is 11.9. The van der Waals surface area contributed by atoms with E-state index in [4.69, 9.17) is 0 Å². The fourth-order valence-electron chi connectivity index (χ4n) is 2.16. The van der Waals surface area contributed by atoms with Gasteiger partial charge in [0.1, 0.15) is 0 Å². The number of carbonyl (C=O) groups is 1. The van der Waals surface area contributed by atoms with Gasteiger partial charge in [0.2, 0.25) is 5.91 Å². The topological polar surface area (TPSA) is 29.1 Å². The minimum atomic E-state index is 0.146. The first-order valence-corrected chi connectivity index (χ1v) is 7.96. The summed E-state index contributed by atoms with van der Waals surface area (Å²) in [6, 6.07) is 14.9. The average Bonchev–Trinajstić information content (AvgIpc) is 2.96. The van der Waals surface area contributed by atoms with Crippen LogP contribution in [0.5, 0.6) is 0 Å². The van der Waals surface area contributed by atoms with Gasteiger partial charge in [-0.15, -0.1) is 11.3 Å². The molecule has 0 saturated heterocycles. The third kappa shape index (κ3) is 4.49. The van der Waals surface area contributed by atoms with Crippen LogP contribution < -0.4 is 5.32 Å². The lowest BCUT2D eigenvalue weighted by Crippen LogP contribution is -2.16. The van der Waals surface area contributed by atoms with E-state index < -0.39 is 0 Å². The number of carbonyl (C=O) groups excluding carboxylic acids is 1. The minimum Gasteiger partial charge on any atom is -0.359 e. The van der Waals surface area contributed by atoms with Crippen molar-refractivity contribution < 1.29 is 4.79 Å². The molecule has 1 heterocycles. The Morgan fingerprint density at radius 3 is 2.60 bits per heavy atom. The molecule has 2 nitrogen and oxygen atoms in total. The fourth-order valence-corrected chi connectivity index (χ4v) is 3.21. The van der Waals surface area contributed by atoms with Gasteiger partial charge in [-0.3, -0.25) is 4.79 Å². The highest BCUT2D eigenvalue weighted by Gasteiger charge is 2.03. The van der Waals surface area contributed by atoms with E-state index >= 15 is 0 Å². The second kappa shape index (κ2) is 7.85. The van der Waals surface area contributed by atoms with Crippen LogP contribution in [-0.2, 0) is 11.2 Å². The number of amides is 1. The van der Waals surface area contributed by atoms with Crippen LogP contribution in [0.2, 0.25) is 0 Å². The van der Waals surface area contributed by atoms with Crippen LogP contribution in [0.15, 0.2) is 42.5 Å². The molecule has 0 atom stereocenters. The van der Waals surface area contributed by atoms with Gasteiger partial charge in [-0.25, -0.2) is 0 Å². The summed E-state index contributed by atoms with van der Waals surface area (Å²) in [4.78, 5) is 13.9. The van der Waals surface area contributed by atoms with Gasteiger partial charge in [-0.2, -0.15) is 0 Å². The monoisotopic (exact) mass is 287 g/mol. The second-order valence-electron chi connectivity index (χ2n) is 4.87. The van der Waals surface area contributed by atoms with Crippen molar-refractivity contribution in [3.8, 4) is 10.4 Å². The van der Waals surface area contributed by atoms with Gasteiger partial charge in [0.15, 0.2) is 0 Å². The predicted octanol–water partition coefficient (Wildman–Crippen LogP) is 4.26. The number of nitrogens with one attached hydrogen (secondary N) is 1. The molecule has 1 aromatic heterocycles. The molecule has 1 aromatic carbocycles. The van der Waals surface area contributed by atoms with Crippen molar-refractivity contribution in [2.24, 2.45) is 0 Å². The molecule has 1 amide bonds. The van der Waals surface area contributed by atoms with E-state index in [1.165, 1.54) is 15.3 Å². The third-order valence-electron chi connectivity index (χ3n) is 3.33. The van der Waals surface area contributed by atoms with Gasteiger partial charge in [0.05, 0.1) is 0 Å². The molecule has 0 aliphatic rings. The van der Waals surface area contributed by atoms with Crippen LogP contribution in [0.4, 0.5) is 0 Å². The maximum atomic E-state index is 11.1. The standard InChI is InChI=1S/C17H21NOS/c1-18-17(19)11-7-3-6-10-15-12-13-16(20-15)14-8-4-2-5-9-14/h2,4-5,8-9,12-13H,3,6-7,10-11H2,1H3,(H,18,19). The summed E-state index contributed by atoms with van der Waals surface area (Å²) >= 11 is 1.88. The number of hydrogen-bond acceptors (Lipinski definition) is 2. The molecule has 0 aliphatic heterocycles. The Hall–Kier alpha value is -1.61. The first-order valence-electron chi connectivity index (χ1n) is 7.14. The summed E-state index contributed by atoms with van der Waals surface area (Å²) < 4.78 is 0. The van der Waals surface area contributed by atoms with Crippen molar-refractivity contribution in [1.82, 2.24) is 5.32 Å². The number of hydrogen-bond donors (Lipinski definition) is 1. The van der Waals surface area contributed by atoms with E-state index in [2.05, 4.69) is 41.7 Å². The first-order chi connectivity index (χ1) is 9.79. The van der Waals surface area contributed by atoms with Gasteiger partial charge in [-0.1, -0.05) is 36.8 Å². The van der Waals surface area contributed by atoms with E-state index in [1.54, 1.807) is 7.05 Å². The molecular weight excluding hydrogens is 266 g/mol. The Kier molecular flexibility index (Phi) is 5.81. The molecule has 3 heteroatoms. The van der Waals surface area contributed by atoms with Crippen molar-refractivity contribution in [2.75, 3.05) is 7.05 Å². The quantitative estimate of drug-likeness (QED) is 0.757. The van der Waals surface area contributed by atoms with Crippen LogP contribution in [-0.4, -0.2) is 13.0 Å². The van der Waals surface area contributed by atoms with Crippen LogP contribution in [0.3, 0.4) is 0 Å². The summed E-state index contributed by atoms with van der Waals surface area (Å²) in [6.07, 6.45) is 5.02. The Morgan fingerprint density at radius 2 is 1.85 bits per heavy atom. The first kappa shape index (κ1) is 14.8. The molecule has 106 valence electrons. The molecule has 0 bridgehead atoms. The summed E-state index contributed by atoms with van der Waals surface area (Å²) in [5.74, 6) is 0.146. The van der Waals surface area contributed by atoms with E-state index in [0.29, 0.717) is 6.42 Å². The van der Waals surface area contributed by atoms with E-state index in [9.17, 15) is 4.79 Å². The van der Waals surface area contributed by atoms with Gasteiger partial charge >= 0.3 is 0 Å². The Bertz CT molecular complexity index is 533. The highest BCUT2D eigenvalue weighted by molar-refractivity contribution is 7.15. The summed E-state index contributed by atoms with van der Waals surface area (Å²) in [5, 5.41) is 2.66. The van der Waals surface area contributed by atoms with E-state index in [-0.39, 0.29) is 5.91 Å². The van der Waals surface area contributed by atoms with Gasteiger partial charge < -0.3 is 5.32 Å². The minimum absolute atomic E-state index is 0.146. The molecule has 0 spiro atoms. The molecule has 2 aromatic rings. The van der Waals surface area contributed by atoms with E-state index in [0.717, 1.165) is 25.7 Å². The maximum Gasteiger partial charge on any atom is 0.219 e. The summed E-state index contributed by atoms with van der Waals surface area (Å²) in [6.45, 7) is 0. The van der Waals surface area contributed by atoms with Crippen LogP contribution in [0, 0.1) is 0 Å². The van der Waals surface area contributed by atoms with Crippen molar-refractivity contribution in [3.05, 3.63) is 47.3 Å². The number of rotatable bonds is 7. The number of benzene rings is 1. The summed E-state index contributed by atoms with van der Waals surface area (Å²) in [5.41, 5.74) is 1.29. The van der Waals surface area contributed by atoms with Crippen molar-refractivity contribution in [3.63, 3.8) is 0 Å². The molecular formula is C17H21NOS. The zero-order valence-corrected chi connectivity index (χ0v) is 12.7. The lowest BCUT2D eigenvalue weighted by molar-refractivity contribution is -0.120. The Morgan fingerprint density at radius 1 is 1.05 bits per heavy atom. The van der Waals surface area contributed by atoms with Crippen molar-refractivity contribution >= 4 is 17.2 Å². The van der Waals surface area contributed by atoms with Crippen LogP contribution >= 0.6 is 11.3 Å². The van der Waals surface area contributed by atoms with Crippen molar-refractivity contribution in [1.29, 1.82) is 0 Å². The number of thiophene rings is 1. The second-order valence-corrected chi connectivity index (χ2v) is 6.03. The highest BCUT2D eigenvalue weighted by atomic mass is 32.1. The van der Waals surface area contributed by atoms with Gasteiger partial charge in [0.25, 0.3) is 0 Å². The highest BCUT2D eigenvalue weighted by Crippen LogP contribution is 2.28. The molecule has 0 unspecified atom stereocenters. The molecule has 2 rings (SSSR count). The van der Waals surface area contributed by atoms with E-state index in [1.807, 2.05) is 17.4 Å².